The molecule has 172 valence electrons. The van der Waals surface area contributed by atoms with Gasteiger partial charge in [0.15, 0.2) is 0 Å². The number of rotatable bonds is 8. The first-order valence-corrected chi connectivity index (χ1v) is 9.92. The maximum Gasteiger partial charge on any atom is 0.336 e. The fraction of sp³-hybridized carbons (Fsp3) is 0.217. The van der Waals surface area contributed by atoms with Crippen molar-refractivity contribution in [3.63, 3.8) is 0 Å². The molecule has 1 heterocycles. The van der Waals surface area contributed by atoms with Gasteiger partial charge in [0.25, 0.3) is 17.5 Å². The lowest BCUT2D eigenvalue weighted by Gasteiger charge is -2.29. The number of nitro groups is 1. The molecule has 2 N–H and O–H groups in total. The Morgan fingerprint density at radius 1 is 1.15 bits per heavy atom. The van der Waals surface area contributed by atoms with Crippen LogP contribution in [0.2, 0.25) is 0 Å². The number of nitrogens with one attached hydrogen (secondary N) is 1. The molecule has 1 aliphatic rings. The second kappa shape index (κ2) is 10.3. The first kappa shape index (κ1) is 23.3. The molecule has 2 aromatic rings. The molecular weight excluding hydrogens is 432 g/mol. The monoisotopic (exact) mass is 454 g/mol. The molecular formula is C23H22N2O8. The van der Waals surface area contributed by atoms with Gasteiger partial charge >= 0.3 is 5.97 Å². The minimum Gasteiger partial charge on any atom is -0.490 e. The van der Waals surface area contributed by atoms with Crippen LogP contribution in [0.15, 0.2) is 77.4 Å². The summed E-state index contributed by atoms with van der Waals surface area (Å²) < 4.78 is 15.7. The summed E-state index contributed by atoms with van der Waals surface area (Å²) in [6.45, 7) is 1.50. The van der Waals surface area contributed by atoms with Gasteiger partial charge in [-0.1, -0.05) is 30.3 Å². The topological polar surface area (TPSA) is 137 Å². The number of non-ortho nitro benzene ring substituents is 1. The molecule has 10 nitrogen and oxygen atoms in total. The van der Waals surface area contributed by atoms with Gasteiger partial charge < -0.3 is 24.6 Å². The molecule has 33 heavy (non-hydrogen) atoms. The van der Waals surface area contributed by atoms with Crippen molar-refractivity contribution in [3.05, 3.63) is 93.1 Å². The third-order valence-corrected chi connectivity index (χ3v) is 4.91. The minimum absolute atomic E-state index is 0.00779. The van der Waals surface area contributed by atoms with Crippen LogP contribution in [0, 0.1) is 10.1 Å². The molecule has 1 aliphatic heterocycles. The lowest BCUT2D eigenvalue weighted by atomic mass is 9.80. The van der Waals surface area contributed by atoms with Crippen molar-refractivity contribution in [3.8, 4) is 5.75 Å². The van der Waals surface area contributed by atoms with Crippen molar-refractivity contribution in [1.82, 2.24) is 5.32 Å². The maximum atomic E-state index is 13.0. The second-order valence-electron chi connectivity index (χ2n) is 7.00. The van der Waals surface area contributed by atoms with Crippen LogP contribution in [-0.2, 0) is 19.1 Å². The molecule has 0 radical (unpaired) electrons. The van der Waals surface area contributed by atoms with Gasteiger partial charge in [-0.25, -0.2) is 4.79 Å². The summed E-state index contributed by atoms with van der Waals surface area (Å²) in [5, 5.41) is 24.0. The summed E-state index contributed by atoms with van der Waals surface area (Å²) in [5.41, 5.74) is -0.0662. The summed E-state index contributed by atoms with van der Waals surface area (Å²) in [5.74, 6) is -2.73. The number of hydrogen-bond acceptors (Lipinski definition) is 8. The molecule has 3 rings (SSSR count). The first-order chi connectivity index (χ1) is 15.8. The molecule has 0 bridgehead atoms. The van der Waals surface area contributed by atoms with Crippen molar-refractivity contribution in [2.24, 2.45) is 0 Å². The largest absolute Gasteiger partial charge is 0.490 e. The number of allylic oxidation sites excluding steroid dienone is 1. The number of para-hydroxylation sites is 1. The van der Waals surface area contributed by atoms with Crippen LogP contribution in [-0.4, -0.2) is 42.2 Å². The first-order valence-electron chi connectivity index (χ1n) is 9.92. The van der Waals surface area contributed by atoms with Gasteiger partial charge in [-0.2, -0.15) is 0 Å². The number of ether oxygens (including phenoxy) is 3. The van der Waals surface area contributed by atoms with Gasteiger partial charge in [-0.3, -0.25) is 14.9 Å². The summed E-state index contributed by atoms with van der Waals surface area (Å²) in [6, 6.07) is 14.4. The lowest BCUT2D eigenvalue weighted by molar-refractivity contribution is -0.384. The lowest BCUT2D eigenvalue weighted by Crippen LogP contribution is -2.37. The highest BCUT2D eigenvalue weighted by atomic mass is 16.6. The number of nitrogens with zero attached hydrogens (tertiary/aromatic N) is 1. The standard InChI is InChI=1S/C23H22N2O8/c1-14-18(23(28)33-12-11-32-17-9-4-3-5-10-17)19(20(21(26)24-14)22(27)31-2)15-7-6-8-16(13-15)25(29)30/h3-10,13,19,27H,11-12H2,1-2H3,(H,24,26)/b22-20-. The second-order valence-corrected chi connectivity index (χ2v) is 7.00. The quantitative estimate of drug-likeness (QED) is 0.155. The fourth-order valence-electron chi connectivity index (χ4n) is 3.44. The third kappa shape index (κ3) is 5.29. The summed E-state index contributed by atoms with van der Waals surface area (Å²) in [4.78, 5) is 36.3. The van der Waals surface area contributed by atoms with E-state index in [1.807, 2.05) is 6.07 Å². The molecule has 0 aromatic heterocycles. The highest BCUT2D eigenvalue weighted by Crippen LogP contribution is 2.39. The van der Waals surface area contributed by atoms with E-state index in [1.54, 1.807) is 24.3 Å². The predicted molar refractivity (Wildman–Crippen MR) is 116 cm³/mol. The number of nitro benzene ring substituents is 1. The van der Waals surface area contributed by atoms with Crippen LogP contribution >= 0.6 is 0 Å². The van der Waals surface area contributed by atoms with Gasteiger partial charge in [-0.05, 0) is 24.6 Å². The smallest absolute Gasteiger partial charge is 0.336 e. The van der Waals surface area contributed by atoms with Gasteiger partial charge in [0.1, 0.15) is 24.5 Å². The number of amides is 1. The SMILES string of the molecule is CO/C(O)=C1\C(=O)NC(C)=C(C(=O)OCCOc2ccccc2)C1c1cccc([N+](=O)[O-])c1. The fourth-order valence-corrected chi connectivity index (χ4v) is 3.44. The van der Waals surface area contributed by atoms with Crippen molar-refractivity contribution in [1.29, 1.82) is 0 Å². The van der Waals surface area contributed by atoms with Gasteiger partial charge in [0.05, 0.1) is 23.5 Å². The number of aliphatic hydroxyl groups is 1. The van der Waals surface area contributed by atoms with E-state index in [4.69, 9.17) is 14.2 Å². The Hall–Kier alpha value is -4.34. The molecule has 10 heteroatoms. The van der Waals surface area contributed by atoms with E-state index in [0.29, 0.717) is 5.75 Å². The van der Waals surface area contributed by atoms with Gasteiger partial charge in [0.2, 0.25) is 0 Å². The average Bonchev–Trinajstić information content (AvgIpc) is 2.81. The van der Waals surface area contributed by atoms with Crippen LogP contribution in [0.3, 0.4) is 0 Å². The van der Waals surface area contributed by atoms with Crippen molar-refractivity contribution in [2.45, 2.75) is 12.8 Å². The van der Waals surface area contributed by atoms with Gasteiger partial charge in [0, 0.05) is 17.8 Å². The third-order valence-electron chi connectivity index (χ3n) is 4.91. The van der Waals surface area contributed by atoms with Crippen molar-refractivity contribution >= 4 is 17.6 Å². The van der Waals surface area contributed by atoms with Crippen LogP contribution in [0.4, 0.5) is 5.69 Å². The number of carbonyl (C=O) groups excluding carboxylic acids is 2. The van der Waals surface area contributed by atoms with Crippen LogP contribution < -0.4 is 10.1 Å². The molecule has 0 spiro atoms. The number of methoxy groups -OCH3 is 1. The molecule has 0 saturated carbocycles. The average molecular weight is 454 g/mol. The molecule has 1 amide bonds. The zero-order valence-electron chi connectivity index (χ0n) is 17.9. The van der Waals surface area contributed by atoms with Crippen molar-refractivity contribution in [2.75, 3.05) is 20.3 Å². The number of benzene rings is 2. The minimum atomic E-state index is -1.15. The Morgan fingerprint density at radius 3 is 2.55 bits per heavy atom. The van der Waals surface area contributed by atoms with E-state index in [0.717, 1.165) is 7.11 Å². The number of esters is 1. The Balaban J connectivity index is 1.91. The number of hydrogen-bond donors (Lipinski definition) is 2. The number of carbonyl (C=O) groups is 2. The molecule has 0 fully saturated rings. The Labute approximate surface area is 189 Å². The van der Waals surface area contributed by atoms with E-state index in [9.17, 15) is 24.8 Å². The van der Waals surface area contributed by atoms with Crippen LogP contribution in [0.1, 0.15) is 18.4 Å². The highest BCUT2D eigenvalue weighted by Gasteiger charge is 2.40. The van der Waals surface area contributed by atoms with Crippen LogP contribution in [0.5, 0.6) is 5.75 Å². The maximum absolute atomic E-state index is 13.0. The van der Waals surface area contributed by atoms with Crippen molar-refractivity contribution < 1.29 is 33.8 Å². The molecule has 2 aromatic carbocycles. The van der Waals surface area contributed by atoms with E-state index >= 15 is 0 Å². The van der Waals surface area contributed by atoms with E-state index < -0.39 is 28.7 Å². The zero-order chi connectivity index (χ0) is 24.0. The van der Waals surface area contributed by atoms with E-state index in [1.165, 1.54) is 31.2 Å². The Bertz CT molecular complexity index is 1120. The summed E-state index contributed by atoms with van der Waals surface area (Å²) in [7, 11) is 1.16. The highest BCUT2D eigenvalue weighted by molar-refractivity contribution is 6.04. The van der Waals surface area contributed by atoms with E-state index in [-0.39, 0.29) is 41.3 Å². The van der Waals surface area contributed by atoms with Gasteiger partial charge in [-0.15, -0.1) is 0 Å². The Kier molecular flexibility index (Phi) is 7.29. The predicted octanol–water partition coefficient (Wildman–Crippen LogP) is 3.12. The number of aliphatic hydroxyl groups excluding tert-OH is 1. The molecule has 0 aliphatic carbocycles. The van der Waals surface area contributed by atoms with E-state index in [2.05, 4.69) is 5.32 Å². The Morgan fingerprint density at radius 2 is 1.88 bits per heavy atom. The molecule has 1 atom stereocenters. The summed E-state index contributed by atoms with van der Waals surface area (Å²) in [6.07, 6.45) is 0. The summed E-state index contributed by atoms with van der Waals surface area (Å²) >= 11 is 0. The normalized spacial score (nSPS) is 17.2. The molecule has 0 saturated heterocycles. The van der Waals surface area contributed by atoms with Crippen LogP contribution in [0.25, 0.3) is 0 Å². The zero-order valence-corrected chi connectivity index (χ0v) is 17.9. The molecule has 1 unspecified atom stereocenters.